The second kappa shape index (κ2) is 5.75. The second-order valence-electron chi connectivity index (χ2n) is 2.41. The highest BCUT2D eigenvalue weighted by molar-refractivity contribution is 5.85. The zero-order valence-corrected chi connectivity index (χ0v) is 7.53. The minimum atomic E-state index is -1.18. The molecule has 1 atom stereocenters. The number of rotatable bonds is 3. The lowest BCUT2D eigenvalue weighted by atomic mass is 10.3. The fraction of sp³-hybridized carbons (Fsp3) is 0.500. The molecular formula is C6H12N4O4. The lowest BCUT2D eigenvalue weighted by Crippen LogP contribution is -2.52. The van der Waals surface area contributed by atoms with Crippen LogP contribution in [0.3, 0.4) is 0 Å². The average Bonchev–Trinajstić information content (AvgIpc) is 2.13. The Morgan fingerprint density at radius 1 is 1.36 bits per heavy atom. The molecule has 6 N–H and O–H groups in total. The van der Waals surface area contributed by atoms with Crippen LogP contribution < -0.4 is 21.9 Å². The average molecular weight is 204 g/mol. The highest BCUT2D eigenvalue weighted by atomic mass is 16.4. The van der Waals surface area contributed by atoms with Crippen LogP contribution in [0.1, 0.15) is 6.92 Å². The van der Waals surface area contributed by atoms with E-state index in [0.29, 0.717) is 0 Å². The van der Waals surface area contributed by atoms with Crippen LogP contribution in [0.2, 0.25) is 0 Å². The number of carbonyl (C=O) groups is 3. The topological polar surface area (TPSA) is 134 Å². The summed E-state index contributed by atoms with van der Waals surface area (Å²) in [6, 6.07) is -1.86. The zero-order chi connectivity index (χ0) is 11.1. The monoisotopic (exact) mass is 204 g/mol. The Morgan fingerprint density at radius 2 is 1.93 bits per heavy atom. The van der Waals surface area contributed by atoms with Crippen LogP contribution in [0, 0.1) is 0 Å². The predicted octanol–water partition coefficient (Wildman–Crippen LogP) is -2.25. The summed E-state index contributed by atoms with van der Waals surface area (Å²) >= 11 is 0. The molecule has 0 radical (unpaired) electrons. The SMILES string of the molecule is C[C@H](NC(=O)NNC(=O)CN)C(=O)O. The molecule has 0 bridgehead atoms. The van der Waals surface area contributed by atoms with Gasteiger partial charge in [0.2, 0.25) is 0 Å². The van der Waals surface area contributed by atoms with E-state index in [4.69, 9.17) is 10.8 Å². The van der Waals surface area contributed by atoms with Crippen molar-refractivity contribution in [1.29, 1.82) is 0 Å². The minimum absolute atomic E-state index is 0.269. The number of carboxylic acid groups (broad SMARTS) is 1. The van der Waals surface area contributed by atoms with Crippen molar-refractivity contribution < 1.29 is 19.5 Å². The summed E-state index contributed by atoms with van der Waals surface area (Å²) in [6.07, 6.45) is 0. The van der Waals surface area contributed by atoms with Crippen LogP contribution in [0.4, 0.5) is 4.79 Å². The first kappa shape index (κ1) is 12.2. The van der Waals surface area contributed by atoms with Crippen LogP contribution in [-0.2, 0) is 9.59 Å². The maximum Gasteiger partial charge on any atom is 0.334 e. The molecule has 0 aliphatic rings. The Kier molecular flexibility index (Phi) is 5.00. The molecule has 0 aliphatic heterocycles. The molecule has 14 heavy (non-hydrogen) atoms. The van der Waals surface area contributed by atoms with E-state index in [9.17, 15) is 14.4 Å². The standard InChI is InChI=1S/C6H12N4O4/c1-3(5(12)13)8-6(14)10-9-4(11)2-7/h3H,2,7H2,1H3,(H,9,11)(H,12,13)(H2,8,10,14)/t3-/m0/s1. The van der Waals surface area contributed by atoms with E-state index >= 15 is 0 Å². The summed E-state index contributed by atoms with van der Waals surface area (Å²) in [7, 11) is 0. The molecule has 3 amide bonds. The Balaban J connectivity index is 3.76. The molecule has 0 saturated carbocycles. The number of nitrogens with two attached hydrogens (primary N) is 1. The largest absolute Gasteiger partial charge is 0.480 e. The third-order valence-corrected chi connectivity index (χ3v) is 1.22. The van der Waals surface area contributed by atoms with Crippen molar-refractivity contribution in [2.24, 2.45) is 5.73 Å². The summed E-state index contributed by atoms with van der Waals surface area (Å²) in [5.41, 5.74) is 8.81. The van der Waals surface area contributed by atoms with Gasteiger partial charge in [-0.05, 0) is 6.92 Å². The zero-order valence-electron chi connectivity index (χ0n) is 7.53. The van der Waals surface area contributed by atoms with Crippen molar-refractivity contribution >= 4 is 17.9 Å². The number of urea groups is 1. The molecule has 8 nitrogen and oxygen atoms in total. The van der Waals surface area contributed by atoms with Gasteiger partial charge in [-0.2, -0.15) is 0 Å². The molecule has 0 aromatic carbocycles. The predicted molar refractivity (Wildman–Crippen MR) is 46.0 cm³/mol. The Morgan fingerprint density at radius 3 is 2.36 bits per heavy atom. The van der Waals surface area contributed by atoms with Gasteiger partial charge in [-0.15, -0.1) is 0 Å². The third-order valence-electron chi connectivity index (χ3n) is 1.22. The Bertz CT molecular complexity index is 242. The van der Waals surface area contributed by atoms with Gasteiger partial charge in [-0.25, -0.2) is 10.2 Å². The third kappa shape index (κ3) is 4.93. The molecule has 0 aromatic heterocycles. The molecule has 0 heterocycles. The van der Waals surface area contributed by atoms with Crippen LogP contribution in [-0.4, -0.2) is 35.6 Å². The van der Waals surface area contributed by atoms with Crippen LogP contribution in [0.15, 0.2) is 0 Å². The highest BCUT2D eigenvalue weighted by Gasteiger charge is 2.13. The van der Waals surface area contributed by atoms with Crippen molar-refractivity contribution in [2.75, 3.05) is 6.54 Å². The first-order valence-corrected chi connectivity index (χ1v) is 3.75. The molecule has 0 unspecified atom stereocenters. The molecule has 8 heteroatoms. The van der Waals surface area contributed by atoms with Crippen molar-refractivity contribution in [3.8, 4) is 0 Å². The number of hydrogen-bond acceptors (Lipinski definition) is 4. The summed E-state index contributed by atoms with van der Waals surface area (Å²) in [5, 5.41) is 10.5. The van der Waals surface area contributed by atoms with E-state index in [2.05, 4.69) is 5.32 Å². The minimum Gasteiger partial charge on any atom is -0.480 e. The van der Waals surface area contributed by atoms with Gasteiger partial charge in [-0.1, -0.05) is 0 Å². The van der Waals surface area contributed by atoms with Gasteiger partial charge in [0.1, 0.15) is 6.04 Å². The maximum atomic E-state index is 10.8. The Hall–Kier alpha value is -1.83. The summed E-state index contributed by atoms with van der Waals surface area (Å²) in [4.78, 5) is 31.7. The van der Waals surface area contributed by atoms with E-state index < -0.39 is 23.9 Å². The van der Waals surface area contributed by atoms with Crippen LogP contribution in [0.5, 0.6) is 0 Å². The van der Waals surface area contributed by atoms with Crippen molar-refractivity contribution in [2.45, 2.75) is 13.0 Å². The van der Waals surface area contributed by atoms with Crippen molar-refractivity contribution in [3.05, 3.63) is 0 Å². The van der Waals surface area contributed by atoms with E-state index in [1.54, 1.807) is 0 Å². The van der Waals surface area contributed by atoms with Crippen LogP contribution in [0.25, 0.3) is 0 Å². The molecule has 80 valence electrons. The summed E-state index contributed by atoms with van der Waals surface area (Å²) in [5.74, 6) is -1.76. The Labute approximate surface area is 79.8 Å². The summed E-state index contributed by atoms with van der Waals surface area (Å²) < 4.78 is 0. The molecular weight excluding hydrogens is 192 g/mol. The van der Waals surface area contributed by atoms with Gasteiger partial charge in [0.25, 0.3) is 5.91 Å². The number of nitrogens with one attached hydrogen (secondary N) is 3. The molecule has 0 fully saturated rings. The lowest BCUT2D eigenvalue weighted by Gasteiger charge is -2.10. The van der Waals surface area contributed by atoms with Gasteiger partial charge < -0.3 is 16.2 Å². The molecule has 0 saturated heterocycles. The quantitative estimate of drug-likeness (QED) is 0.331. The molecule has 0 spiro atoms. The number of aliphatic carboxylic acids is 1. The highest BCUT2D eigenvalue weighted by Crippen LogP contribution is 1.79. The normalized spacial score (nSPS) is 11.3. The first-order chi connectivity index (χ1) is 6.47. The smallest absolute Gasteiger partial charge is 0.334 e. The molecule has 0 aromatic rings. The van der Waals surface area contributed by atoms with Gasteiger partial charge >= 0.3 is 12.0 Å². The fourth-order valence-corrected chi connectivity index (χ4v) is 0.472. The second-order valence-corrected chi connectivity index (χ2v) is 2.41. The van der Waals surface area contributed by atoms with E-state index in [1.807, 2.05) is 10.9 Å². The number of hydrogen-bond donors (Lipinski definition) is 5. The van der Waals surface area contributed by atoms with E-state index in [0.717, 1.165) is 0 Å². The maximum absolute atomic E-state index is 10.8. The molecule has 0 rings (SSSR count). The number of carbonyl (C=O) groups excluding carboxylic acids is 2. The van der Waals surface area contributed by atoms with Crippen LogP contribution >= 0.6 is 0 Å². The van der Waals surface area contributed by atoms with E-state index in [-0.39, 0.29) is 6.54 Å². The van der Waals surface area contributed by atoms with Gasteiger partial charge in [0.15, 0.2) is 0 Å². The fourth-order valence-electron chi connectivity index (χ4n) is 0.472. The lowest BCUT2D eigenvalue weighted by molar-refractivity contribution is -0.138. The van der Waals surface area contributed by atoms with E-state index in [1.165, 1.54) is 6.92 Å². The molecule has 0 aliphatic carbocycles. The number of hydrazine groups is 1. The van der Waals surface area contributed by atoms with Gasteiger partial charge in [0.05, 0.1) is 6.54 Å². The first-order valence-electron chi connectivity index (χ1n) is 3.75. The van der Waals surface area contributed by atoms with Crippen molar-refractivity contribution in [3.63, 3.8) is 0 Å². The summed E-state index contributed by atoms with van der Waals surface area (Å²) in [6.45, 7) is 1.02. The van der Waals surface area contributed by atoms with Crippen molar-refractivity contribution in [1.82, 2.24) is 16.2 Å². The van der Waals surface area contributed by atoms with Gasteiger partial charge in [-0.3, -0.25) is 15.0 Å². The number of carboxylic acids is 1. The van der Waals surface area contributed by atoms with Gasteiger partial charge in [0, 0.05) is 0 Å². The number of amides is 3.